The molecular weight excluding hydrogens is 314 g/mol. The van der Waals surface area contributed by atoms with Crippen molar-refractivity contribution in [3.05, 3.63) is 53.3 Å². The minimum atomic E-state index is 0.499. The van der Waals surface area contributed by atoms with Crippen molar-refractivity contribution in [3.8, 4) is 17.6 Å². The van der Waals surface area contributed by atoms with Crippen molar-refractivity contribution in [3.63, 3.8) is 0 Å². The molecule has 1 saturated carbocycles. The summed E-state index contributed by atoms with van der Waals surface area (Å²) in [7, 11) is 3.27. The summed E-state index contributed by atoms with van der Waals surface area (Å²) in [6, 6.07) is 13.9. The highest BCUT2D eigenvalue weighted by molar-refractivity contribution is 5.81. The maximum Gasteiger partial charge on any atom is 0.163 e. The second-order valence-corrected chi connectivity index (χ2v) is 6.30. The van der Waals surface area contributed by atoms with Crippen LogP contribution in [0.3, 0.4) is 0 Å². The SMILES string of the molecule is COc1cc2nc(C3CC3)n(Cc3ccccc3C#N)c2cc1OC. The largest absolute Gasteiger partial charge is 0.493 e. The lowest BCUT2D eigenvalue weighted by molar-refractivity contribution is 0.355. The van der Waals surface area contributed by atoms with Crippen molar-refractivity contribution < 1.29 is 9.47 Å². The van der Waals surface area contributed by atoms with Gasteiger partial charge in [-0.25, -0.2) is 4.98 Å². The summed E-state index contributed by atoms with van der Waals surface area (Å²) in [6.45, 7) is 0.627. The Morgan fingerprint density at radius 1 is 1.16 bits per heavy atom. The van der Waals surface area contributed by atoms with E-state index in [0.717, 1.165) is 35.3 Å². The third kappa shape index (κ3) is 2.70. The van der Waals surface area contributed by atoms with Gasteiger partial charge in [0.05, 0.1) is 43.4 Å². The lowest BCUT2D eigenvalue weighted by Gasteiger charge is -2.12. The first-order chi connectivity index (χ1) is 12.2. The van der Waals surface area contributed by atoms with E-state index in [9.17, 15) is 5.26 Å². The fourth-order valence-electron chi connectivity index (χ4n) is 3.23. The van der Waals surface area contributed by atoms with Gasteiger partial charge in [0.25, 0.3) is 0 Å². The average molecular weight is 333 g/mol. The second-order valence-electron chi connectivity index (χ2n) is 6.30. The van der Waals surface area contributed by atoms with Gasteiger partial charge in [-0.15, -0.1) is 0 Å². The third-order valence-corrected chi connectivity index (χ3v) is 4.69. The minimum absolute atomic E-state index is 0.499. The summed E-state index contributed by atoms with van der Waals surface area (Å²) < 4.78 is 13.1. The molecule has 1 aliphatic carbocycles. The van der Waals surface area contributed by atoms with Gasteiger partial charge in [-0.05, 0) is 24.5 Å². The number of rotatable bonds is 5. The molecule has 25 heavy (non-hydrogen) atoms. The van der Waals surface area contributed by atoms with Crippen LogP contribution in [0.5, 0.6) is 11.5 Å². The number of benzene rings is 2. The number of hydrogen-bond acceptors (Lipinski definition) is 4. The molecule has 126 valence electrons. The average Bonchev–Trinajstić information content (AvgIpc) is 3.44. The van der Waals surface area contributed by atoms with Crippen molar-refractivity contribution in [2.45, 2.75) is 25.3 Å². The summed E-state index contributed by atoms with van der Waals surface area (Å²) in [5, 5.41) is 9.39. The van der Waals surface area contributed by atoms with E-state index in [1.165, 1.54) is 0 Å². The Kier molecular flexibility index (Phi) is 3.81. The van der Waals surface area contributed by atoms with Crippen molar-refractivity contribution >= 4 is 11.0 Å². The maximum absolute atomic E-state index is 9.39. The highest BCUT2D eigenvalue weighted by Crippen LogP contribution is 2.42. The van der Waals surface area contributed by atoms with Crippen LogP contribution in [0.4, 0.5) is 0 Å². The molecule has 1 heterocycles. The van der Waals surface area contributed by atoms with Crippen molar-refractivity contribution in [2.75, 3.05) is 14.2 Å². The molecule has 0 amide bonds. The Morgan fingerprint density at radius 3 is 2.56 bits per heavy atom. The molecule has 0 spiro atoms. The number of nitriles is 1. The van der Waals surface area contributed by atoms with Gasteiger partial charge in [0.1, 0.15) is 5.82 Å². The fraction of sp³-hybridized carbons (Fsp3) is 0.300. The lowest BCUT2D eigenvalue weighted by Crippen LogP contribution is -2.06. The van der Waals surface area contributed by atoms with E-state index in [0.29, 0.717) is 29.5 Å². The predicted molar refractivity (Wildman–Crippen MR) is 95.1 cm³/mol. The molecule has 4 rings (SSSR count). The number of aromatic nitrogens is 2. The fourth-order valence-corrected chi connectivity index (χ4v) is 3.23. The molecule has 5 nitrogen and oxygen atoms in total. The quantitative estimate of drug-likeness (QED) is 0.711. The molecule has 1 aromatic heterocycles. The Hall–Kier alpha value is -3.00. The zero-order valence-corrected chi connectivity index (χ0v) is 14.3. The van der Waals surface area contributed by atoms with Crippen molar-refractivity contribution in [2.24, 2.45) is 0 Å². The first-order valence-electron chi connectivity index (χ1n) is 8.35. The molecule has 0 atom stereocenters. The van der Waals surface area contributed by atoms with Gasteiger partial charge in [0, 0.05) is 18.1 Å². The summed E-state index contributed by atoms with van der Waals surface area (Å²) >= 11 is 0. The zero-order valence-electron chi connectivity index (χ0n) is 14.3. The van der Waals surface area contributed by atoms with Crippen LogP contribution in [-0.2, 0) is 6.54 Å². The molecule has 0 bridgehead atoms. The molecule has 1 fully saturated rings. The van der Waals surface area contributed by atoms with Crippen LogP contribution in [0.25, 0.3) is 11.0 Å². The van der Waals surface area contributed by atoms with E-state index in [-0.39, 0.29) is 0 Å². The summed E-state index contributed by atoms with van der Waals surface area (Å²) in [6.07, 6.45) is 2.33. The molecular formula is C20H19N3O2. The standard InChI is InChI=1S/C20H19N3O2/c1-24-18-9-16-17(10-19(18)25-2)23(20(22-16)13-7-8-13)12-15-6-4-3-5-14(15)11-21/h3-6,9-10,13H,7-8,12H2,1-2H3. The van der Waals surface area contributed by atoms with Gasteiger partial charge in [-0.2, -0.15) is 5.26 Å². The minimum Gasteiger partial charge on any atom is -0.493 e. The topological polar surface area (TPSA) is 60.1 Å². The smallest absolute Gasteiger partial charge is 0.163 e. The molecule has 3 aromatic rings. The number of nitrogens with zero attached hydrogens (tertiary/aromatic N) is 3. The summed E-state index contributed by atoms with van der Waals surface area (Å²) in [4.78, 5) is 4.85. The van der Waals surface area contributed by atoms with Crippen LogP contribution in [-0.4, -0.2) is 23.8 Å². The van der Waals surface area contributed by atoms with Crippen LogP contribution < -0.4 is 9.47 Å². The van der Waals surface area contributed by atoms with Crippen LogP contribution in [0.1, 0.15) is 35.7 Å². The number of imidazole rings is 1. The van der Waals surface area contributed by atoms with E-state index in [1.807, 2.05) is 36.4 Å². The summed E-state index contributed by atoms with van der Waals surface area (Å²) in [5.41, 5.74) is 3.61. The monoisotopic (exact) mass is 333 g/mol. The Balaban J connectivity index is 1.89. The Bertz CT molecular complexity index is 981. The van der Waals surface area contributed by atoms with E-state index >= 15 is 0 Å². The summed E-state index contributed by atoms with van der Waals surface area (Å²) in [5.74, 6) is 2.95. The van der Waals surface area contributed by atoms with Crippen molar-refractivity contribution in [1.29, 1.82) is 5.26 Å². The Morgan fingerprint density at radius 2 is 1.88 bits per heavy atom. The number of methoxy groups -OCH3 is 2. The maximum atomic E-state index is 9.39. The van der Waals surface area contributed by atoms with Crippen LogP contribution in [0.15, 0.2) is 36.4 Å². The van der Waals surface area contributed by atoms with E-state index < -0.39 is 0 Å². The van der Waals surface area contributed by atoms with Gasteiger partial charge < -0.3 is 14.0 Å². The van der Waals surface area contributed by atoms with Crippen LogP contribution in [0, 0.1) is 11.3 Å². The number of hydrogen-bond donors (Lipinski definition) is 0. The van der Waals surface area contributed by atoms with Gasteiger partial charge >= 0.3 is 0 Å². The van der Waals surface area contributed by atoms with Gasteiger partial charge in [-0.1, -0.05) is 18.2 Å². The molecule has 2 aromatic carbocycles. The molecule has 0 saturated heterocycles. The first kappa shape index (κ1) is 15.5. The number of fused-ring (bicyclic) bond motifs is 1. The van der Waals surface area contributed by atoms with E-state index in [1.54, 1.807) is 14.2 Å². The normalized spacial score (nSPS) is 13.6. The zero-order chi connectivity index (χ0) is 17.4. The lowest BCUT2D eigenvalue weighted by atomic mass is 10.1. The van der Waals surface area contributed by atoms with Crippen LogP contribution >= 0.6 is 0 Å². The van der Waals surface area contributed by atoms with Gasteiger partial charge in [-0.3, -0.25) is 0 Å². The highest BCUT2D eigenvalue weighted by Gasteiger charge is 2.30. The molecule has 1 aliphatic rings. The van der Waals surface area contributed by atoms with E-state index in [4.69, 9.17) is 14.5 Å². The van der Waals surface area contributed by atoms with Crippen LogP contribution in [0.2, 0.25) is 0 Å². The molecule has 0 unspecified atom stereocenters. The van der Waals surface area contributed by atoms with Gasteiger partial charge in [0.2, 0.25) is 0 Å². The van der Waals surface area contributed by atoms with Gasteiger partial charge in [0.15, 0.2) is 11.5 Å². The van der Waals surface area contributed by atoms with Crippen molar-refractivity contribution in [1.82, 2.24) is 9.55 Å². The number of ether oxygens (including phenoxy) is 2. The molecule has 0 N–H and O–H groups in total. The Labute approximate surface area is 146 Å². The molecule has 5 heteroatoms. The predicted octanol–water partition coefficient (Wildman–Crippen LogP) is 3.85. The first-order valence-corrected chi connectivity index (χ1v) is 8.35. The second kappa shape index (κ2) is 6.14. The highest BCUT2D eigenvalue weighted by atomic mass is 16.5. The molecule has 0 radical (unpaired) electrons. The van der Waals surface area contributed by atoms with E-state index in [2.05, 4.69) is 10.6 Å². The molecule has 0 aliphatic heterocycles. The third-order valence-electron chi connectivity index (χ3n) is 4.69.